The molecule has 5 nitrogen and oxygen atoms in total. The molecule has 1 aromatic heterocycles. The van der Waals surface area contributed by atoms with Crippen LogP contribution in [0.4, 0.5) is 0 Å². The van der Waals surface area contributed by atoms with E-state index in [0.717, 1.165) is 42.5 Å². The lowest BCUT2D eigenvalue weighted by molar-refractivity contribution is 0.0910. The van der Waals surface area contributed by atoms with Crippen LogP contribution in [0.5, 0.6) is 0 Å². The van der Waals surface area contributed by atoms with Crippen LogP contribution in [0, 0.1) is 0 Å². The van der Waals surface area contributed by atoms with Gasteiger partial charge in [-0.3, -0.25) is 9.89 Å². The van der Waals surface area contributed by atoms with Gasteiger partial charge in [0.2, 0.25) is 0 Å². The van der Waals surface area contributed by atoms with Crippen LogP contribution in [0.2, 0.25) is 0 Å². The molecule has 0 radical (unpaired) electrons. The van der Waals surface area contributed by atoms with Gasteiger partial charge in [0.15, 0.2) is 5.69 Å². The quantitative estimate of drug-likeness (QED) is 0.757. The average Bonchev–Trinajstić information content (AvgIpc) is 2.82. The summed E-state index contributed by atoms with van der Waals surface area (Å²) in [7, 11) is 0. The molecular formula is C17H21N3O2. The minimum Gasteiger partial charge on any atom is -0.394 e. The molecule has 22 heavy (non-hydrogen) atoms. The van der Waals surface area contributed by atoms with Crippen LogP contribution in [-0.4, -0.2) is 27.8 Å². The first kappa shape index (κ1) is 14.8. The number of aliphatic hydroxyl groups is 1. The number of hydrogen-bond donors (Lipinski definition) is 3. The third-order valence-electron chi connectivity index (χ3n) is 4.21. The number of fused-ring (bicyclic) bond motifs is 1. The number of rotatable bonds is 4. The van der Waals surface area contributed by atoms with Crippen LogP contribution in [0.15, 0.2) is 30.3 Å². The average molecular weight is 299 g/mol. The molecule has 1 aliphatic rings. The highest BCUT2D eigenvalue weighted by Crippen LogP contribution is 2.22. The SMILES string of the molecule is O=C(N[C@H](CO)c1ccccc1)c1n[nH]c2c1CCCCC2. The molecule has 0 saturated carbocycles. The topological polar surface area (TPSA) is 78.0 Å². The molecule has 0 fully saturated rings. The highest BCUT2D eigenvalue weighted by Gasteiger charge is 2.23. The molecule has 3 rings (SSSR count). The Morgan fingerprint density at radius 2 is 2.00 bits per heavy atom. The number of aryl methyl sites for hydroxylation is 1. The van der Waals surface area contributed by atoms with E-state index in [1.54, 1.807) is 0 Å². The zero-order chi connectivity index (χ0) is 15.4. The van der Waals surface area contributed by atoms with Gasteiger partial charge in [-0.15, -0.1) is 0 Å². The van der Waals surface area contributed by atoms with Gasteiger partial charge in [-0.25, -0.2) is 0 Å². The molecule has 1 heterocycles. The van der Waals surface area contributed by atoms with Crippen molar-refractivity contribution in [1.82, 2.24) is 15.5 Å². The maximum absolute atomic E-state index is 12.5. The third-order valence-corrected chi connectivity index (χ3v) is 4.21. The summed E-state index contributed by atoms with van der Waals surface area (Å²) in [4.78, 5) is 12.5. The molecule has 3 N–H and O–H groups in total. The molecule has 0 saturated heterocycles. The number of hydrogen-bond acceptors (Lipinski definition) is 3. The highest BCUT2D eigenvalue weighted by atomic mass is 16.3. The van der Waals surface area contributed by atoms with Gasteiger partial charge in [0, 0.05) is 11.3 Å². The molecule has 1 amide bonds. The Hall–Kier alpha value is -2.14. The Morgan fingerprint density at radius 3 is 2.77 bits per heavy atom. The summed E-state index contributed by atoms with van der Waals surface area (Å²) in [5.41, 5.74) is 3.49. The second-order valence-corrected chi connectivity index (χ2v) is 5.71. The van der Waals surface area contributed by atoms with E-state index < -0.39 is 6.04 Å². The number of carbonyl (C=O) groups excluding carboxylic acids is 1. The molecule has 2 aromatic rings. The van der Waals surface area contributed by atoms with Crippen molar-refractivity contribution in [2.45, 2.75) is 38.1 Å². The van der Waals surface area contributed by atoms with Gasteiger partial charge in [0.25, 0.3) is 5.91 Å². The van der Waals surface area contributed by atoms with Crippen LogP contribution in [0.1, 0.15) is 52.6 Å². The van der Waals surface area contributed by atoms with E-state index in [0.29, 0.717) is 5.69 Å². The van der Waals surface area contributed by atoms with E-state index in [1.165, 1.54) is 6.42 Å². The molecule has 116 valence electrons. The van der Waals surface area contributed by atoms with Gasteiger partial charge < -0.3 is 10.4 Å². The lowest BCUT2D eigenvalue weighted by Crippen LogP contribution is -2.31. The Balaban J connectivity index is 1.78. The molecule has 5 heteroatoms. The van der Waals surface area contributed by atoms with Crippen molar-refractivity contribution in [3.63, 3.8) is 0 Å². The fourth-order valence-corrected chi connectivity index (χ4v) is 2.99. The van der Waals surface area contributed by atoms with Crippen LogP contribution in [-0.2, 0) is 12.8 Å². The number of benzene rings is 1. The van der Waals surface area contributed by atoms with Crippen LogP contribution in [0.3, 0.4) is 0 Å². The minimum absolute atomic E-state index is 0.137. The van der Waals surface area contributed by atoms with Crippen molar-refractivity contribution >= 4 is 5.91 Å². The molecule has 1 aliphatic carbocycles. The summed E-state index contributed by atoms with van der Waals surface area (Å²) in [5.74, 6) is -0.220. The number of nitrogens with one attached hydrogen (secondary N) is 2. The fourth-order valence-electron chi connectivity index (χ4n) is 2.99. The predicted octanol–water partition coefficient (Wildman–Crippen LogP) is 2.14. The molecule has 0 bridgehead atoms. The molecule has 1 atom stereocenters. The molecule has 1 aromatic carbocycles. The fraction of sp³-hybridized carbons (Fsp3) is 0.412. The zero-order valence-electron chi connectivity index (χ0n) is 12.5. The van der Waals surface area contributed by atoms with Gasteiger partial charge >= 0.3 is 0 Å². The number of H-pyrrole nitrogens is 1. The van der Waals surface area contributed by atoms with Gasteiger partial charge in [0.1, 0.15) is 0 Å². The van der Waals surface area contributed by atoms with E-state index in [9.17, 15) is 9.90 Å². The van der Waals surface area contributed by atoms with Crippen molar-refractivity contribution in [1.29, 1.82) is 0 Å². The standard InChI is InChI=1S/C17H21N3O2/c21-11-15(12-7-3-1-4-8-12)18-17(22)16-13-9-5-2-6-10-14(13)19-20-16/h1,3-4,7-8,15,21H,2,5-6,9-11H2,(H,18,22)(H,19,20)/t15-/m1/s1. The zero-order valence-corrected chi connectivity index (χ0v) is 12.5. The van der Waals surface area contributed by atoms with Gasteiger partial charge in [-0.05, 0) is 31.2 Å². The highest BCUT2D eigenvalue weighted by molar-refractivity contribution is 5.94. The Kier molecular flexibility index (Phi) is 4.53. The summed E-state index contributed by atoms with van der Waals surface area (Å²) in [6.45, 7) is -0.137. The first-order valence-corrected chi connectivity index (χ1v) is 7.82. The largest absolute Gasteiger partial charge is 0.394 e. The van der Waals surface area contributed by atoms with Gasteiger partial charge in [0.05, 0.1) is 12.6 Å². The second-order valence-electron chi connectivity index (χ2n) is 5.71. The summed E-state index contributed by atoms with van der Waals surface area (Å²) in [6.07, 6.45) is 5.27. The normalized spacial score (nSPS) is 15.7. The third kappa shape index (κ3) is 3.04. The first-order valence-electron chi connectivity index (χ1n) is 7.82. The minimum atomic E-state index is -0.410. The van der Waals surface area contributed by atoms with E-state index in [1.807, 2.05) is 30.3 Å². The second kappa shape index (κ2) is 6.75. The molecule has 0 unspecified atom stereocenters. The monoisotopic (exact) mass is 299 g/mol. The summed E-state index contributed by atoms with van der Waals surface area (Å²) < 4.78 is 0. The van der Waals surface area contributed by atoms with Crippen LogP contribution >= 0.6 is 0 Å². The van der Waals surface area contributed by atoms with Crippen molar-refractivity contribution in [2.75, 3.05) is 6.61 Å². The van der Waals surface area contributed by atoms with Crippen LogP contribution < -0.4 is 5.32 Å². The number of amides is 1. The van der Waals surface area contributed by atoms with Crippen molar-refractivity contribution < 1.29 is 9.90 Å². The Morgan fingerprint density at radius 1 is 1.23 bits per heavy atom. The summed E-state index contributed by atoms with van der Waals surface area (Å²) >= 11 is 0. The van der Waals surface area contributed by atoms with Crippen molar-refractivity contribution in [2.24, 2.45) is 0 Å². The number of aromatic nitrogens is 2. The maximum Gasteiger partial charge on any atom is 0.272 e. The van der Waals surface area contributed by atoms with E-state index >= 15 is 0 Å². The number of aliphatic hydroxyl groups excluding tert-OH is 1. The van der Waals surface area contributed by atoms with Gasteiger partial charge in [-0.1, -0.05) is 36.8 Å². The first-order chi connectivity index (χ1) is 10.8. The molecule has 0 aliphatic heterocycles. The smallest absolute Gasteiger partial charge is 0.272 e. The lowest BCUT2D eigenvalue weighted by Gasteiger charge is -2.16. The Bertz CT molecular complexity index is 637. The number of nitrogens with zero attached hydrogens (tertiary/aromatic N) is 1. The van der Waals surface area contributed by atoms with E-state index in [4.69, 9.17) is 0 Å². The number of carbonyl (C=O) groups is 1. The molecule has 0 spiro atoms. The molecular weight excluding hydrogens is 278 g/mol. The van der Waals surface area contributed by atoms with E-state index in [-0.39, 0.29) is 12.5 Å². The van der Waals surface area contributed by atoms with E-state index in [2.05, 4.69) is 15.5 Å². The number of aromatic amines is 1. The van der Waals surface area contributed by atoms with Crippen LogP contribution in [0.25, 0.3) is 0 Å². The lowest BCUT2D eigenvalue weighted by atomic mass is 10.1. The maximum atomic E-state index is 12.5. The van der Waals surface area contributed by atoms with Gasteiger partial charge in [-0.2, -0.15) is 5.10 Å². The Labute approximate surface area is 129 Å². The summed E-state index contributed by atoms with van der Waals surface area (Å²) in [5, 5.41) is 19.7. The van der Waals surface area contributed by atoms with Crippen molar-refractivity contribution in [3.8, 4) is 0 Å². The predicted molar refractivity (Wildman–Crippen MR) is 83.6 cm³/mol. The van der Waals surface area contributed by atoms with Crippen molar-refractivity contribution in [3.05, 3.63) is 52.8 Å². The summed E-state index contributed by atoms with van der Waals surface area (Å²) in [6, 6.07) is 9.08.